The number of hydrogen-bond acceptors (Lipinski definition) is 2. The molecule has 12 heavy (non-hydrogen) atoms. The van der Waals surface area contributed by atoms with E-state index >= 15 is 0 Å². The summed E-state index contributed by atoms with van der Waals surface area (Å²) in [4.78, 5) is 4.09. The van der Waals surface area contributed by atoms with E-state index in [0.717, 1.165) is 23.6 Å². The zero-order chi connectivity index (χ0) is 8.55. The van der Waals surface area contributed by atoms with E-state index in [0.29, 0.717) is 11.8 Å². The average molecular weight is 183 g/mol. The summed E-state index contributed by atoms with van der Waals surface area (Å²) in [5, 5.41) is 7.95. The topological polar surface area (TPSA) is 36.2 Å². The first-order chi connectivity index (χ1) is 5.83. The highest BCUT2D eigenvalue weighted by Gasteiger charge is 2.34. The summed E-state index contributed by atoms with van der Waals surface area (Å²) in [6.07, 6.45) is 6.67. The Morgan fingerprint density at radius 1 is 1.50 bits per heavy atom. The Kier molecular flexibility index (Phi) is 2.01. The first kappa shape index (κ1) is 7.99. The fourth-order valence-electron chi connectivity index (χ4n) is 2.12. The molecule has 0 spiro atoms. The predicted octanol–water partition coefficient (Wildman–Crippen LogP) is 2.59. The Hall–Kier alpha value is -0.630. The van der Waals surface area contributed by atoms with Crippen LogP contribution in [-0.4, -0.2) is 11.4 Å². The minimum absolute atomic E-state index is 0.410. The van der Waals surface area contributed by atoms with Crippen molar-refractivity contribution >= 4 is 23.0 Å². The Morgan fingerprint density at radius 3 is 3.00 bits per heavy atom. The lowest BCUT2D eigenvalue weighted by Crippen LogP contribution is -2.20. The largest absolute Gasteiger partial charge is 0.308 e. The fourth-order valence-corrected chi connectivity index (χ4v) is 2.43. The van der Waals surface area contributed by atoms with Gasteiger partial charge in [-0.05, 0) is 24.3 Å². The highest BCUT2D eigenvalue weighted by molar-refractivity contribution is 6.66. The number of fused-ring (bicyclic) bond motifs is 1. The molecule has 2 aliphatic rings. The summed E-state index contributed by atoms with van der Waals surface area (Å²) >= 11 is 5.97. The minimum Gasteiger partial charge on any atom is -0.308 e. The van der Waals surface area contributed by atoms with Gasteiger partial charge in [-0.15, -0.1) is 0 Å². The summed E-state index contributed by atoms with van der Waals surface area (Å²) in [5.74, 6) is 0.890. The molecule has 2 unspecified atom stereocenters. The molecule has 0 radical (unpaired) electrons. The average Bonchev–Trinajstić information content (AvgIpc) is 2.54. The predicted molar refractivity (Wildman–Crippen MR) is 51.0 cm³/mol. The van der Waals surface area contributed by atoms with Gasteiger partial charge in [0.2, 0.25) is 0 Å². The summed E-state index contributed by atoms with van der Waals surface area (Å²) < 4.78 is 0. The van der Waals surface area contributed by atoms with Crippen molar-refractivity contribution < 1.29 is 0 Å². The third-order valence-corrected chi connectivity index (χ3v) is 3.13. The summed E-state index contributed by atoms with van der Waals surface area (Å²) in [7, 11) is 0. The molecule has 2 nitrogen and oxygen atoms in total. The zero-order valence-corrected chi connectivity index (χ0v) is 7.51. The van der Waals surface area contributed by atoms with Gasteiger partial charge in [0.15, 0.2) is 0 Å². The van der Waals surface area contributed by atoms with Crippen LogP contribution in [0.3, 0.4) is 0 Å². The molecular weight excluding hydrogens is 172 g/mol. The van der Waals surface area contributed by atoms with Crippen molar-refractivity contribution in [1.82, 2.24) is 0 Å². The van der Waals surface area contributed by atoms with Gasteiger partial charge in [-0.1, -0.05) is 18.0 Å². The van der Waals surface area contributed by atoms with Gasteiger partial charge in [0.1, 0.15) is 5.17 Å². The molecule has 1 aliphatic heterocycles. The molecule has 0 saturated heterocycles. The molecule has 3 heteroatoms. The number of allylic oxidation sites excluding steroid dienone is 1. The van der Waals surface area contributed by atoms with E-state index in [1.54, 1.807) is 6.20 Å². The molecule has 2 atom stereocenters. The Labute approximate surface area is 76.8 Å². The van der Waals surface area contributed by atoms with Crippen molar-refractivity contribution in [3.05, 3.63) is 11.8 Å². The van der Waals surface area contributed by atoms with E-state index in [2.05, 4.69) is 4.99 Å². The highest BCUT2D eigenvalue weighted by atomic mass is 35.5. The lowest BCUT2D eigenvalue weighted by Gasteiger charge is -2.21. The second kappa shape index (κ2) is 3.02. The highest BCUT2D eigenvalue weighted by Crippen LogP contribution is 2.40. The van der Waals surface area contributed by atoms with Crippen LogP contribution in [-0.2, 0) is 0 Å². The SMILES string of the molecule is N=CC1=CN=C(Cl)C2CCCC12. The number of rotatable bonds is 1. The molecule has 0 amide bonds. The van der Waals surface area contributed by atoms with E-state index in [-0.39, 0.29) is 0 Å². The van der Waals surface area contributed by atoms with Crippen molar-refractivity contribution in [2.24, 2.45) is 16.8 Å². The monoisotopic (exact) mass is 182 g/mol. The maximum Gasteiger partial charge on any atom is 0.109 e. The molecule has 0 aromatic rings. The van der Waals surface area contributed by atoms with Crippen LogP contribution in [0.1, 0.15) is 19.3 Å². The van der Waals surface area contributed by atoms with Crippen LogP contribution in [0.4, 0.5) is 0 Å². The maximum atomic E-state index is 7.21. The number of nitrogens with one attached hydrogen (secondary N) is 1. The van der Waals surface area contributed by atoms with Gasteiger partial charge < -0.3 is 5.41 Å². The van der Waals surface area contributed by atoms with Crippen LogP contribution in [0.15, 0.2) is 16.8 Å². The number of nitrogens with zero attached hydrogens (tertiary/aromatic N) is 1. The van der Waals surface area contributed by atoms with E-state index in [1.165, 1.54) is 12.6 Å². The van der Waals surface area contributed by atoms with Crippen LogP contribution in [0.5, 0.6) is 0 Å². The minimum atomic E-state index is 0.410. The number of aliphatic imine (C=N–C) groups is 1. The molecule has 64 valence electrons. The van der Waals surface area contributed by atoms with Crippen LogP contribution < -0.4 is 0 Å². The van der Waals surface area contributed by atoms with E-state index in [4.69, 9.17) is 17.0 Å². The van der Waals surface area contributed by atoms with Gasteiger partial charge in [-0.25, -0.2) is 4.99 Å². The van der Waals surface area contributed by atoms with Gasteiger partial charge in [0.25, 0.3) is 0 Å². The van der Waals surface area contributed by atoms with Crippen molar-refractivity contribution in [2.45, 2.75) is 19.3 Å². The van der Waals surface area contributed by atoms with Crippen LogP contribution in [0.25, 0.3) is 0 Å². The number of hydrogen-bond donors (Lipinski definition) is 1. The first-order valence-electron chi connectivity index (χ1n) is 4.26. The Balaban J connectivity index is 2.32. The third kappa shape index (κ3) is 1.11. The Bertz CT molecular complexity index is 268. The summed E-state index contributed by atoms with van der Waals surface area (Å²) in [6.45, 7) is 0. The molecule has 1 N–H and O–H groups in total. The van der Waals surface area contributed by atoms with Crippen LogP contribution in [0.2, 0.25) is 0 Å². The molecule has 1 fully saturated rings. The molecule has 1 heterocycles. The van der Waals surface area contributed by atoms with Gasteiger partial charge in [-0.3, -0.25) is 0 Å². The summed E-state index contributed by atoms with van der Waals surface area (Å²) in [6, 6.07) is 0. The lowest BCUT2D eigenvalue weighted by molar-refractivity contribution is 0.572. The molecule has 1 saturated carbocycles. The molecule has 0 aromatic heterocycles. The summed E-state index contributed by atoms with van der Waals surface area (Å²) in [5.41, 5.74) is 1.04. The van der Waals surface area contributed by atoms with Crippen LogP contribution >= 0.6 is 11.6 Å². The fraction of sp³-hybridized carbons (Fsp3) is 0.556. The van der Waals surface area contributed by atoms with Gasteiger partial charge in [0, 0.05) is 18.3 Å². The van der Waals surface area contributed by atoms with Crippen molar-refractivity contribution in [2.75, 3.05) is 0 Å². The van der Waals surface area contributed by atoms with Crippen LogP contribution in [0, 0.1) is 17.2 Å². The molecule has 0 bridgehead atoms. The third-order valence-electron chi connectivity index (χ3n) is 2.75. The molecule has 2 rings (SSSR count). The first-order valence-corrected chi connectivity index (χ1v) is 4.64. The smallest absolute Gasteiger partial charge is 0.109 e. The van der Waals surface area contributed by atoms with Gasteiger partial charge in [-0.2, -0.15) is 0 Å². The van der Waals surface area contributed by atoms with E-state index in [9.17, 15) is 0 Å². The molecular formula is C9H11ClN2. The zero-order valence-electron chi connectivity index (χ0n) is 6.76. The second-order valence-corrected chi connectivity index (χ2v) is 3.76. The van der Waals surface area contributed by atoms with Gasteiger partial charge in [0.05, 0.1) is 0 Å². The number of halogens is 1. The van der Waals surface area contributed by atoms with E-state index in [1.807, 2.05) is 0 Å². The van der Waals surface area contributed by atoms with Crippen molar-refractivity contribution in [3.63, 3.8) is 0 Å². The van der Waals surface area contributed by atoms with E-state index < -0.39 is 0 Å². The van der Waals surface area contributed by atoms with Crippen molar-refractivity contribution in [3.8, 4) is 0 Å². The van der Waals surface area contributed by atoms with Gasteiger partial charge >= 0.3 is 0 Å². The second-order valence-electron chi connectivity index (χ2n) is 3.37. The molecule has 1 aliphatic carbocycles. The normalized spacial score (nSPS) is 33.8. The Morgan fingerprint density at radius 2 is 2.25 bits per heavy atom. The standard InChI is InChI=1S/C9H11ClN2/c10-9-8-3-1-2-7(8)6(4-11)5-12-9/h4-5,7-8,11H,1-3H2. The lowest BCUT2D eigenvalue weighted by atomic mass is 9.89. The quantitative estimate of drug-likeness (QED) is 0.606. The van der Waals surface area contributed by atoms with Crippen molar-refractivity contribution in [1.29, 1.82) is 5.41 Å². The molecule has 0 aromatic carbocycles. The maximum absolute atomic E-state index is 7.21.